The van der Waals surface area contributed by atoms with Gasteiger partial charge in [0.1, 0.15) is 5.75 Å². The molecule has 9 nitrogen and oxygen atoms in total. The van der Waals surface area contributed by atoms with Gasteiger partial charge < -0.3 is 24.8 Å². The van der Waals surface area contributed by atoms with E-state index in [1.807, 2.05) is 19.2 Å². The molecule has 0 saturated carbocycles. The molecule has 4 N–H and O–H groups in total. The lowest BCUT2D eigenvalue weighted by molar-refractivity contribution is 0.0748. The molecule has 0 saturated heterocycles. The number of likely N-dealkylation sites (N-methyl/N-ethyl adjacent to an activating group) is 1. The van der Waals surface area contributed by atoms with Gasteiger partial charge in [-0.2, -0.15) is 8.42 Å². The maximum atomic E-state index is 13.2. The lowest BCUT2D eigenvalue weighted by Gasteiger charge is -2.19. The van der Waals surface area contributed by atoms with Crippen LogP contribution in [0.4, 0.5) is 0 Å². The number of fused-ring (bicyclic) bond motifs is 1. The maximum absolute atomic E-state index is 13.2. The molecular formula is C22H29N3O6S. The molecule has 0 aliphatic carbocycles. The van der Waals surface area contributed by atoms with Gasteiger partial charge in [0, 0.05) is 38.8 Å². The number of nitrogens with zero attached hydrogens (tertiary/aromatic N) is 1. The van der Waals surface area contributed by atoms with Crippen LogP contribution >= 0.6 is 0 Å². The summed E-state index contributed by atoms with van der Waals surface area (Å²) in [5.41, 5.74) is 3.67. The number of phenolic OH excluding ortho intramolecular Hbond substituents is 1. The second-order valence-electron chi connectivity index (χ2n) is 8.12. The molecule has 174 valence electrons. The van der Waals surface area contributed by atoms with Crippen molar-refractivity contribution in [2.24, 2.45) is 0 Å². The fraction of sp³-hybridized carbons (Fsp3) is 0.409. The van der Waals surface area contributed by atoms with E-state index in [-0.39, 0.29) is 23.1 Å². The number of nitrogens with one attached hydrogen (secondary N) is 2. The molecule has 1 aliphatic heterocycles. The van der Waals surface area contributed by atoms with Crippen molar-refractivity contribution in [1.82, 2.24) is 15.5 Å². The van der Waals surface area contributed by atoms with E-state index in [1.54, 1.807) is 18.7 Å². The van der Waals surface area contributed by atoms with Crippen molar-refractivity contribution in [3.63, 3.8) is 0 Å². The number of amides is 1. The number of hydrogen-bond acceptors (Lipinski definition) is 7. The minimum absolute atomic E-state index is 0.0538. The highest BCUT2D eigenvalue weighted by molar-refractivity contribution is 7.81. The number of hydrogen-bond donors (Lipinski definition) is 4. The Bertz CT molecular complexity index is 1100. The van der Waals surface area contributed by atoms with Crippen LogP contribution in [0.1, 0.15) is 52.4 Å². The lowest BCUT2D eigenvalue weighted by Crippen LogP contribution is -2.25. The van der Waals surface area contributed by atoms with Crippen LogP contribution in [-0.4, -0.2) is 49.0 Å². The van der Waals surface area contributed by atoms with Crippen molar-refractivity contribution in [2.75, 3.05) is 20.1 Å². The van der Waals surface area contributed by atoms with E-state index in [1.165, 1.54) is 6.07 Å². The zero-order valence-corrected chi connectivity index (χ0v) is 19.2. The van der Waals surface area contributed by atoms with Crippen LogP contribution in [0, 0.1) is 0 Å². The van der Waals surface area contributed by atoms with Crippen molar-refractivity contribution in [1.29, 1.82) is 0 Å². The number of benzene rings is 2. The minimum atomic E-state index is -4.76. The highest BCUT2D eigenvalue weighted by atomic mass is 32.3. The molecule has 32 heavy (non-hydrogen) atoms. The predicted molar refractivity (Wildman–Crippen MR) is 120 cm³/mol. The number of aromatic hydroxyl groups is 1. The summed E-state index contributed by atoms with van der Waals surface area (Å²) in [4.78, 5) is 14.8. The van der Waals surface area contributed by atoms with Crippen molar-refractivity contribution in [3.8, 4) is 11.5 Å². The summed E-state index contributed by atoms with van der Waals surface area (Å²) in [6.07, 6.45) is 0. The molecule has 0 fully saturated rings. The average Bonchev–Trinajstić information content (AvgIpc) is 3.13. The van der Waals surface area contributed by atoms with E-state index < -0.39 is 16.1 Å². The molecule has 2 aromatic rings. The topological polar surface area (TPSA) is 128 Å². The molecule has 0 bridgehead atoms. The molecule has 2 aromatic carbocycles. The molecule has 0 aromatic heterocycles. The number of phenols is 1. The summed E-state index contributed by atoms with van der Waals surface area (Å²) in [5, 5.41) is 16.8. The molecule has 1 heterocycles. The van der Waals surface area contributed by atoms with Gasteiger partial charge >= 0.3 is 10.4 Å². The molecule has 3 rings (SSSR count). The zero-order valence-electron chi connectivity index (χ0n) is 18.4. The maximum Gasteiger partial charge on any atom is 0.446 e. The van der Waals surface area contributed by atoms with E-state index in [2.05, 4.69) is 20.9 Å². The fourth-order valence-corrected chi connectivity index (χ4v) is 4.08. The molecule has 10 heteroatoms. The van der Waals surface area contributed by atoms with Gasteiger partial charge in [0.2, 0.25) is 0 Å². The highest BCUT2D eigenvalue weighted by Gasteiger charge is 2.28. The normalized spacial score (nSPS) is 13.5. The smallest absolute Gasteiger partial charge is 0.446 e. The Kier molecular flexibility index (Phi) is 7.40. The van der Waals surface area contributed by atoms with Crippen molar-refractivity contribution in [2.45, 2.75) is 39.4 Å². The van der Waals surface area contributed by atoms with Gasteiger partial charge in [-0.05, 0) is 41.3 Å². The molecule has 0 radical (unpaired) electrons. The number of carbonyl (C=O) groups excluding carboxylic acids is 1. The zero-order chi connectivity index (χ0) is 23.5. The first-order chi connectivity index (χ1) is 15.1. The van der Waals surface area contributed by atoms with Gasteiger partial charge in [-0.3, -0.25) is 9.35 Å². The van der Waals surface area contributed by atoms with E-state index >= 15 is 0 Å². The first-order valence-corrected chi connectivity index (χ1v) is 11.7. The average molecular weight is 464 g/mol. The third-order valence-corrected chi connectivity index (χ3v) is 5.73. The predicted octanol–water partition coefficient (Wildman–Crippen LogP) is 2.16. The Morgan fingerprint density at radius 2 is 1.88 bits per heavy atom. The molecule has 1 aliphatic rings. The van der Waals surface area contributed by atoms with Crippen molar-refractivity contribution < 1.29 is 27.1 Å². The SMILES string of the molecule is CNCCNCc1ccc2c(c1)CN(C(=O)c1cc(C(C)C)c(OS(=O)(=O)O)cc1O)C2. The Morgan fingerprint density at radius 3 is 2.53 bits per heavy atom. The van der Waals surface area contributed by atoms with E-state index in [0.29, 0.717) is 18.7 Å². The highest BCUT2D eigenvalue weighted by Crippen LogP contribution is 2.36. The number of carbonyl (C=O) groups is 1. The summed E-state index contributed by atoms with van der Waals surface area (Å²) in [5.74, 6) is -1.21. The first-order valence-electron chi connectivity index (χ1n) is 10.4. The summed E-state index contributed by atoms with van der Waals surface area (Å²) >= 11 is 0. The lowest BCUT2D eigenvalue weighted by atomic mass is 9.98. The largest absolute Gasteiger partial charge is 0.507 e. The fourth-order valence-electron chi connectivity index (χ4n) is 3.71. The van der Waals surface area contributed by atoms with E-state index in [9.17, 15) is 18.3 Å². The summed E-state index contributed by atoms with van der Waals surface area (Å²) < 4.78 is 35.9. The van der Waals surface area contributed by atoms with Gasteiger partial charge in [0.05, 0.1) is 5.56 Å². The van der Waals surface area contributed by atoms with Gasteiger partial charge in [0.15, 0.2) is 5.75 Å². The standard InChI is InChI=1S/C22H29N3O6S/c1-14(2)18-9-19(20(26)10-21(18)31-32(28,29)30)22(27)25-12-16-5-4-15(8-17(16)13-25)11-24-7-6-23-3/h4-5,8-10,14,23-24,26H,6-7,11-13H2,1-3H3,(H,28,29,30). The summed E-state index contributed by atoms with van der Waals surface area (Å²) in [6.45, 7) is 6.87. The first kappa shape index (κ1) is 24.0. The van der Waals surface area contributed by atoms with E-state index in [4.69, 9.17) is 4.55 Å². The van der Waals surface area contributed by atoms with Gasteiger partial charge in [0.25, 0.3) is 5.91 Å². The molecular weight excluding hydrogens is 434 g/mol. The van der Waals surface area contributed by atoms with E-state index in [0.717, 1.165) is 42.4 Å². The van der Waals surface area contributed by atoms with Crippen LogP contribution in [-0.2, 0) is 30.0 Å². The van der Waals surface area contributed by atoms with Crippen LogP contribution in [0.5, 0.6) is 11.5 Å². The van der Waals surface area contributed by atoms with Crippen LogP contribution in [0.25, 0.3) is 0 Å². The van der Waals surface area contributed by atoms with Crippen LogP contribution < -0.4 is 14.8 Å². The van der Waals surface area contributed by atoms with Gasteiger partial charge in [-0.1, -0.05) is 32.0 Å². The Hall–Kier alpha value is -2.66. The third-order valence-electron chi connectivity index (χ3n) is 5.34. The molecule has 1 amide bonds. The quantitative estimate of drug-likeness (QED) is 0.329. The van der Waals surface area contributed by atoms with Gasteiger partial charge in [-0.25, -0.2) is 0 Å². The Labute approximate surface area is 188 Å². The Balaban J connectivity index is 1.79. The summed E-state index contributed by atoms with van der Waals surface area (Å²) in [6, 6.07) is 8.60. The Morgan fingerprint density at radius 1 is 1.16 bits per heavy atom. The number of rotatable bonds is 9. The molecule has 0 atom stereocenters. The minimum Gasteiger partial charge on any atom is -0.507 e. The van der Waals surface area contributed by atoms with Crippen LogP contribution in [0.2, 0.25) is 0 Å². The van der Waals surface area contributed by atoms with Crippen LogP contribution in [0.15, 0.2) is 30.3 Å². The van der Waals surface area contributed by atoms with Gasteiger partial charge in [-0.15, -0.1) is 0 Å². The summed E-state index contributed by atoms with van der Waals surface area (Å²) in [7, 11) is -2.86. The van der Waals surface area contributed by atoms with Crippen molar-refractivity contribution >= 4 is 16.3 Å². The second kappa shape index (κ2) is 9.86. The third kappa shape index (κ3) is 5.77. The van der Waals surface area contributed by atoms with Crippen molar-refractivity contribution in [3.05, 3.63) is 58.1 Å². The molecule has 0 spiro atoms. The monoisotopic (exact) mass is 463 g/mol. The van der Waals surface area contributed by atoms with Crippen LogP contribution in [0.3, 0.4) is 0 Å². The second-order valence-corrected chi connectivity index (χ2v) is 9.14. The molecule has 0 unspecified atom stereocenters.